The van der Waals surface area contributed by atoms with Gasteiger partial charge in [0.15, 0.2) is 11.6 Å². The quantitative estimate of drug-likeness (QED) is 0.195. The number of aliphatic hydroxyl groups is 4. The van der Waals surface area contributed by atoms with Crippen LogP contribution in [0.5, 0.6) is 0 Å². The van der Waals surface area contributed by atoms with Crippen molar-refractivity contribution in [2.24, 2.45) is 17.8 Å². The number of quaternary nitrogens is 1. The van der Waals surface area contributed by atoms with Crippen molar-refractivity contribution in [2.75, 3.05) is 6.61 Å². The van der Waals surface area contributed by atoms with Gasteiger partial charge in [-0.05, 0) is 95.1 Å². The van der Waals surface area contributed by atoms with Crippen LogP contribution >= 0.6 is 0 Å². The third-order valence-corrected chi connectivity index (χ3v) is 14.0. The number of hydrogen-bond donors (Lipinski definition) is 5. The summed E-state index contributed by atoms with van der Waals surface area (Å²) in [4.78, 5) is 11.5. The maximum absolute atomic E-state index is 11.5. The van der Waals surface area contributed by atoms with Crippen LogP contribution in [0.25, 0.3) is 0 Å². The van der Waals surface area contributed by atoms with Crippen molar-refractivity contribution in [1.82, 2.24) is 6.15 Å². The summed E-state index contributed by atoms with van der Waals surface area (Å²) >= 11 is 0. The third-order valence-electron chi connectivity index (χ3n) is 14.0. The Bertz CT molecular complexity index is 1510. The standard InChI is InChI=1S/C44H68O13.H3N/c1-25-21-34(55-44(23-25)35(46)12-11-31(54-44)24-41(6,50)40(48)49)26(2)9-10-30-14-18-43(53-30)19-15-33-39(57-43)36(47)29(5)38(52-33)32(45)22-28(4)37-27(3)13-17-42(56-37)16-7-8-20-51-42;/h9-10,23,26-28,30-39,45-47,50H,5,7-8,11-22,24H2,1-4,6H3,(H,48,49);1H3/t26-,27-,28+,30+,31+,32+,33-,34+,35-,36-,37+,38?,39-,41-,42-,43-,44-;/m0./s1. The zero-order chi connectivity index (χ0) is 40.9. The molecule has 7 aliphatic heterocycles. The summed E-state index contributed by atoms with van der Waals surface area (Å²) < 4.78 is 45.2. The lowest BCUT2D eigenvalue weighted by Gasteiger charge is -2.50. The number of aliphatic hydroxyl groups excluding tert-OH is 3. The normalized spacial score (nSPS) is 44.6. The molecule has 0 amide bonds. The summed E-state index contributed by atoms with van der Waals surface area (Å²) in [5, 5.41) is 56.0. The Balaban J connectivity index is 0.00000567. The summed E-state index contributed by atoms with van der Waals surface area (Å²) in [6.07, 6.45) is 9.10. The monoisotopic (exact) mass is 821 g/mol. The number of rotatable bonds is 10. The molecule has 6 fully saturated rings. The number of carboxylic acids is 1. The van der Waals surface area contributed by atoms with E-state index >= 15 is 0 Å². The van der Waals surface area contributed by atoms with Gasteiger partial charge in [-0.3, -0.25) is 0 Å². The molecule has 3 spiro atoms. The van der Waals surface area contributed by atoms with Crippen LogP contribution in [0, 0.1) is 17.8 Å². The lowest BCUT2D eigenvalue weighted by Crippen LogP contribution is -2.60. The molecule has 7 aliphatic rings. The first-order valence-corrected chi connectivity index (χ1v) is 21.6. The maximum atomic E-state index is 11.5. The van der Waals surface area contributed by atoms with Crippen LogP contribution in [0.3, 0.4) is 0 Å². The minimum atomic E-state index is -2.07. The van der Waals surface area contributed by atoms with Gasteiger partial charge in [0, 0.05) is 38.0 Å². The van der Waals surface area contributed by atoms with Crippen molar-refractivity contribution in [3.05, 3.63) is 36.0 Å². The second kappa shape index (κ2) is 17.9. The van der Waals surface area contributed by atoms with E-state index in [1.165, 1.54) is 6.92 Å². The molecule has 17 atom stereocenters. The molecule has 8 N–H and O–H groups in total. The molecule has 14 heteroatoms. The summed E-state index contributed by atoms with van der Waals surface area (Å²) in [5.41, 5.74) is -0.677. The zero-order valence-electron chi connectivity index (χ0n) is 35.5. The molecule has 1 unspecified atom stereocenters. The van der Waals surface area contributed by atoms with Gasteiger partial charge in [-0.2, -0.15) is 0 Å². The summed E-state index contributed by atoms with van der Waals surface area (Å²) in [5.74, 6) is -4.11. The summed E-state index contributed by atoms with van der Waals surface area (Å²) in [6, 6.07) is 0. The van der Waals surface area contributed by atoms with Crippen LogP contribution in [-0.2, 0) is 38.0 Å². The molecule has 0 aromatic heterocycles. The number of aliphatic carboxylic acids is 1. The first-order valence-electron chi connectivity index (χ1n) is 21.6. The van der Waals surface area contributed by atoms with E-state index in [1.54, 1.807) is 6.08 Å². The van der Waals surface area contributed by atoms with E-state index in [1.807, 2.05) is 26.0 Å². The van der Waals surface area contributed by atoms with Crippen molar-refractivity contribution >= 4 is 5.97 Å². The van der Waals surface area contributed by atoms with E-state index in [4.69, 9.17) is 33.2 Å². The predicted molar refractivity (Wildman–Crippen MR) is 211 cm³/mol. The van der Waals surface area contributed by atoms with Gasteiger partial charge in [0.05, 0.1) is 49.2 Å². The number of carboxylic acid groups (broad SMARTS) is 1. The molecule has 0 aromatic rings. The first kappa shape index (κ1) is 45.7. The van der Waals surface area contributed by atoms with Gasteiger partial charge < -0.3 is 69.6 Å². The van der Waals surface area contributed by atoms with E-state index in [0.717, 1.165) is 50.7 Å². The van der Waals surface area contributed by atoms with Gasteiger partial charge in [0.25, 0.3) is 0 Å². The summed E-state index contributed by atoms with van der Waals surface area (Å²) in [6.45, 7) is 14.4. The third kappa shape index (κ3) is 9.48. The van der Waals surface area contributed by atoms with Gasteiger partial charge in [0.1, 0.15) is 30.0 Å². The van der Waals surface area contributed by atoms with E-state index < -0.39 is 71.7 Å². The Morgan fingerprint density at radius 2 is 1.76 bits per heavy atom. The van der Waals surface area contributed by atoms with E-state index in [0.29, 0.717) is 56.4 Å². The second-order valence-electron chi connectivity index (χ2n) is 18.9. The van der Waals surface area contributed by atoms with Gasteiger partial charge in [-0.1, -0.05) is 45.1 Å². The molecule has 0 saturated carbocycles. The lowest BCUT2D eigenvalue weighted by atomic mass is 9.79. The number of fused-ring (bicyclic) bond motifs is 1. The average Bonchev–Trinajstić information content (AvgIpc) is 3.56. The fourth-order valence-corrected chi connectivity index (χ4v) is 10.5. The van der Waals surface area contributed by atoms with Crippen LogP contribution in [0.2, 0.25) is 0 Å². The van der Waals surface area contributed by atoms with Crippen molar-refractivity contribution in [1.29, 1.82) is 0 Å². The molecular formula is C44H71NO13. The Morgan fingerprint density at radius 1 is 1.02 bits per heavy atom. The predicted octanol–water partition coefficient (Wildman–Crippen LogP) is 4.26. The Morgan fingerprint density at radius 3 is 2.48 bits per heavy atom. The van der Waals surface area contributed by atoms with Crippen molar-refractivity contribution in [2.45, 2.75) is 209 Å². The van der Waals surface area contributed by atoms with Crippen LogP contribution in [-0.4, -0.2) is 117 Å². The molecular weight excluding hydrogens is 750 g/mol. The molecule has 6 saturated heterocycles. The lowest BCUT2D eigenvalue weighted by molar-refractivity contribution is -0.336. The molecule has 0 aliphatic carbocycles. The van der Waals surface area contributed by atoms with E-state index in [9.17, 15) is 30.3 Å². The minimum absolute atomic E-state index is 0. The molecule has 58 heavy (non-hydrogen) atoms. The van der Waals surface area contributed by atoms with Gasteiger partial charge in [0.2, 0.25) is 5.79 Å². The molecule has 7 heterocycles. The maximum Gasteiger partial charge on any atom is 0.215 e. The fraction of sp³-hybridized carbons (Fsp3) is 0.841. The summed E-state index contributed by atoms with van der Waals surface area (Å²) in [7, 11) is 0. The highest BCUT2D eigenvalue weighted by Crippen LogP contribution is 2.47. The van der Waals surface area contributed by atoms with Crippen molar-refractivity contribution in [3.8, 4) is 0 Å². The highest BCUT2D eigenvalue weighted by atomic mass is 16.7. The van der Waals surface area contributed by atoms with Crippen LogP contribution in [0.1, 0.15) is 125 Å². The average molecular weight is 822 g/mol. The minimum Gasteiger partial charge on any atom is -0.547 e. The number of hydrogen-bond acceptors (Lipinski definition) is 13. The SMILES string of the molecule is C=C1C([C@H](O)C[C@@H](C)[C@@H]2O[C@@]3(CCCCO3)CC[C@@H]2C)O[C@H]2CC[C@]3(CC[C@@H](C=C[C@H](C)[C@H]4CC(C)=C[C@]5(O[C@@H](C[C@](C)(O)C(=O)[O-])CC[C@@H]5O)O4)O3)O[C@@H]2[C@H]1O.[NH4+]. The fourth-order valence-electron chi connectivity index (χ4n) is 10.5. The Kier molecular flexibility index (Phi) is 14.1. The molecule has 330 valence electrons. The van der Waals surface area contributed by atoms with Crippen LogP contribution in [0.4, 0.5) is 0 Å². The van der Waals surface area contributed by atoms with Crippen LogP contribution < -0.4 is 11.3 Å². The number of carbonyl (C=O) groups is 1. The second-order valence-corrected chi connectivity index (χ2v) is 18.9. The van der Waals surface area contributed by atoms with Crippen molar-refractivity contribution < 1.29 is 63.5 Å². The molecule has 0 bridgehead atoms. The highest BCUT2D eigenvalue weighted by molar-refractivity contribution is 5.74. The van der Waals surface area contributed by atoms with Gasteiger partial charge >= 0.3 is 0 Å². The number of carbonyl (C=O) groups excluding carboxylic acids is 1. The molecule has 0 radical (unpaired) electrons. The van der Waals surface area contributed by atoms with Crippen LogP contribution in [0.15, 0.2) is 36.0 Å². The smallest absolute Gasteiger partial charge is 0.215 e. The Hall–Kier alpha value is -1.79. The molecule has 14 nitrogen and oxygen atoms in total. The molecule has 0 aromatic carbocycles. The zero-order valence-corrected chi connectivity index (χ0v) is 35.5. The topological polar surface area (TPSA) is 222 Å². The highest BCUT2D eigenvalue weighted by Gasteiger charge is 2.55. The van der Waals surface area contributed by atoms with Gasteiger partial charge in [-0.15, -0.1) is 0 Å². The van der Waals surface area contributed by atoms with E-state index in [2.05, 4.69) is 20.4 Å². The first-order chi connectivity index (χ1) is 26.9. The van der Waals surface area contributed by atoms with E-state index in [-0.39, 0.29) is 42.7 Å². The molecule has 7 rings (SSSR count). The van der Waals surface area contributed by atoms with Crippen molar-refractivity contribution in [3.63, 3.8) is 0 Å². The number of ether oxygens (including phenoxy) is 7. The largest absolute Gasteiger partial charge is 0.547 e. The van der Waals surface area contributed by atoms with Gasteiger partial charge in [-0.25, -0.2) is 0 Å². The Labute approximate surface area is 343 Å².